The molecule has 0 spiro atoms. The average molecular weight is 466 g/mol. The monoisotopic (exact) mass is 465 g/mol. The summed E-state index contributed by atoms with van der Waals surface area (Å²) in [5.41, 5.74) is -0.467. The van der Waals surface area contributed by atoms with Crippen molar-refractivity contribution in [3.05, 3.63) is 55.4 Å². The van der Waals surface area contributed by atoms with Crippen LogP contribution in [0.3, 0.4) is 0 Å². The predicted molar refractivity (Wildman–Crippen MR) is 120 cm³/mol. The van der Waals surface area contributed by atoms with Crippen LogP contribution in [-0.4, -0.2) is 38.3 Å². The van der Waals surface area contributed by atoms with Crippen molar-refractivity contribution in [3.63, 3.8) is 0 Å². The van der Waals surface area contributed by atoms with Gasteiger partial charge in [-0.05, 0) is 25.0 Å². The number of fused-ring (bicyclic) bond motifs is 1. The molecule has 0 amide bonds. The number of nitrogens with zero attached hydrogens (tertiary/aromatic N) is 4. The number of imidazole rings is 1. The quantitative estimate of drug-likeness (QED) is 0.385. The van der Waals surface area contributed by atoms with E-state index in [9.17, 15) is 18.8 Å². The average Bonchev–Trinajstić information content (AvgIpc) is 3.13. The standard InChI is InChI=1S/C21H25ClFN5O4/c1-26-18-17(19(30)27(2)21(26)31)28(12-13-14(22)8-7-9-15(13)23)20(25-18)24-11-6-4-5-10-16(29)32-3/h7-9H,4-6,10-12H2,1-3H3,(H,24,25). The molecule has 172 valence electrons. The zero-order valence-electron chi connectivity index (χ0n) is 18.2. The second-order valence-electron chi connectivity index (χ2n) is 7.41. The van der Waals surface area contributed by atoms with E-state index in [-0.39, 0.29) is 34.3 Å². The molecule has 11 heteroatoms. The van der Waals surface area contributed by atoms with Crippen LogP contribution in [0, 0.1) is 5.82 Å². The van der Waals surface area contributed by atoms with E-state index in [4.69, 9.17) is 11.6 Å². The van der Waals surface area contributed by atoms with Gasteiger partial charge < -0.3 is 10.1 Å². The molecule has 0 saturated carbocycles. The number of ether oxygens (including phenoxy) is 1. The molecular formula is C21H25ClFN5O4. The van der Waals surface area contributed by atoms with Crippen molar-refractivity contribution in [2.75, 3.05) is 19.0 Å². The number of methoxy groups -OCH3 is 1. The topological polar surface area (TPSA) is 100 Å². The van der Waals surface area contributed by atoms with Gasteiger partial charge >= 0.3 is 11.7 Å². The third-order valence-electron chi connectivity index (χ3n) is 5.29. The molecule has 0 aliphatic carbocycles. The number of carbonyl (C=O) groups excluding carboxylic acids is 1. The summed E-state index contributed by atoms with van der Waals surface area (Å²) in [5.74, 6) is -0.432. The van der Waals surface area contributed by atoms with Crippen LogP contribution in [0.15, 0.2) is 27.8 Å². The maximum atomic E-state index is 14.5. The molecule has 2 heterocycles. The number of nitrogens with one attached hydrogen (secondary N) is 1. The smallest absolute Gasteiger partial charge is 0.332 e. The van der Waals surface area contributed by atoms with E-state index >= 15 is 0 Å². The van der Waals surface area contributed by atoms with Gasteiger partial charge in [0.1, 0.15) is 5.82 Å². The van der Waals surface area contributed by atoms with Crippen LogP contribution < -0.4 is 16.6 Å². The van der Waals surface area contributed by atoms with E-state index in [1.165, 1.54) is 42.5 Å². The van der Waals surface area contributed by atoms with Gasteiger partial charge in [0.15, 0.2) is 11.2 Å². The summed E-state index contributed by atoms with van der Waals surface area (Å²) in [6.45, 7) is 0.462. The van der Waals surface area contributed by atoms with E-state index in [1.54, 1.807) is 6.07 Å². The van der Waals surface area contributed by atoms with Gasteiger partial charge in [0, 0.05) is 37.6 Å². The normalized spacial score (nSPS) is 11.2. The largest absolute Gasteiger partial charge is 0.469 e. The minimum atomic E-state index is -0.533. The van der Waals surface area contributed by atoms with E-state index in [0.717, 1.165) is 17.4 Å². The van der Waals surface area contributed by atoms with Gasteiger partial charge in [0.25, 0.3) is 5.56 Å². The molecule has 0 unspecified atom stereocenters. The first-order valence-electron chi connectivity index (χ1n) is 10.2. The fourth-order valence-electron chi connectivity index (χ4n) is 3.45. The molecule has 0 radical (unpaired) electrons. The van der Waals surface area contributed by atoms with Gasteiger partial charge in [-0.3, -0.25) is 23.3 Å². The Labute approximate surface area is 188 Å². The highest BCUT2D eigenvalue weighted by Gasteiger charge is 2.21. The lowest BCUT2D eigenvalue weighted by molar-refractivity contribution is -0.140. The van der Waals surface area contributed by atoms with E-state index < -0.39 is 17.1 Å². The van der Waals surface area contributed by atoms with Gasteiger partial charge in [-0.15, -0.1) is 0 Å². The molecule has 0 saturated heterocycles. The number of aryl methyl sites for hydroxylation is 1. The first-order chi connectivity index (χ1) is 15.3. The maximum Gasteiger partial charge on any atom is 0.332 e. The number of aromatic nitrogens is 4. The maximum absolute atomic E-state index is 14.5. The lowest BCUT2D eigenvalue weighted by Crippen LogP contribution is -2.37. The first-order valence-corrected chi connectivity index (χ1v) is 10.5. The molecule has 0 fully saturated rings. The summed E-state index contributed by atoms with van der Waals surface area (Å²) in [7, 11) is 4.26. The van der Waals surface area contributed by atoms with Crippen LogP contribution in [0.1, 0.15) is 31.2 Å². The highest BCUT2D eigenvalue weighted by molar-refractivity contribution is 6.31. The van der Waals surface area contributed by atoms with Crippen molar-refractivity contribution in [2.45, 2.75) is 32.2 Å². The van der Waals surface area contributed by atoms with Gasteiger partial charge in [0.2, 0.25) is 5.95 Å². The molecular weight excluding hydrogens is 441 g/mol. The highest BCUT2D eigenvalue weighted by atomic mass is 35.5. The lowest BCUT2D eigenvalue weighted by Gasteiger charge is -2.13. The Kier molecular flexibility index (Phi) is 7.34. The van der Waals surface area contributed by atoms with Gasteiger partial charge in [-0.2, -0.15) is 4.98 Å². The SMILES string of the molecule is COC(=O)CCCCCNc1nc2c(c(=O)n(C)c(=O)n2C)n1Cc1c(F)cccc1Cl. The number of carbonyl (C=O) groups is 1. The van der Waals surface area contributed by atoms with Crippen molar-refractivity contribution >= 4 is 34.7 Å². The fraction of sp³-hybridized carbons (Fsp3) is 0.429. The Bertz CT molecular complexity index is 1240. The Morgan fingerprint density at radius 2 is 1.94 bits per heavy atom. The van der Waals surface area contributed by atoms with Crippen molar-refractivity contribution in [3.8, 4) is 0 Å². The molecule has 1 aromatic carbocycles. The molecule has 1 N–H and O–H groups in total. The van der Waals surface area contributed by atoms with Gasteiger partial charge in [-0.25, -0.2) is 9.18 Å². The molecule has 0 aliphatic rings. The van der Waals surface area contributed by atoms with Crippen LogP contribution >= 0.6 is 11.6 Å². The number of hydrogen-bond donors (Lipinski definition) is 1. The second kappa shape index (κ2) is 9.99. The van der Waals surface area contributed by atoms with Gasteiger partial charge in [-0.1, -0.05) is 24.1 Å². The first kappa shape index (κ1) is 23.5. The fourth-order valence-corrected chi connectivity index (χ4v) is 3.67. The minimum Gasteiger partial charge on any atom is -0.469 e. The summed E-state index contributed by atoms with van der Waals surface area (Å²) in [6.07, 6.45) is 2.54. The van der Waals surface area contributed by atoms with E-state index in [0.29, 0.717) is 25.3 Å². The minimum absolute atomic E-state index is 0.0415. The summed E-state index contributed by atoms with van der Waals surface area (Å²) in [6, 6.07) is 4.37. The van der Waals surface area contributed by atoms with Crippen LogP contribution in [0.2, 0.25) is 5.02 Å². The Balaban J connectivity index is 1.95. The summed E-state index contributed by atoms with van der Waals surface area (Å²) < 4.78 is 22.9. The summed E-state index contributed by atoms with van der Waals surface area (Å²) >= 11 is 6.21. The zero-order chi connectivity index (χ0) is 23.4. The Morgan fingerprint density at radius 1 is 1.19 bits per heavy atom. The zero-order valence-corrected chi connectivity index (χ0v) is 18.9. The number of benzene rings is 1. The second-order valence-corrected chi connectivity index (χ2v) is 7.82. The molecule has 2 aromatic heterocycles. The Morgan fingerprint density at radius 3 is 2.62 bits per heavy atom. The molecule has 32 heavy (non-hydrogen) atoms. The van der Waals surface area contributed by atoms with Crippen LogP contribution in [0.4, 0.5) is 10.3 Å². The summed E-state index contributed by atoms with van der Waals surface area (Å²) in [4.78, 5) is 40.9. The molecule has 3 aromatic rings. The number of hydrogen-bond acceptors (Lipinski definition) is 6. The number of rotatable bonds is 9. The van der Waals surface area contributed by atoms with E-state index in [2.05, 4.69) is 15.0 Å². The Hall–Kier alpha value is -3.14. The van der Waals surface area contributed by atoms with Crippen LogP contribution in [-0.2, 0) is 30.2 Å². The number of esters is 1. The third-order valence-corrected chi connectivity index (χ3v) is 5.65. The van der Waals surface area contributed by atoms with Gasteiger partial charge in [0.05, 0.1) is 13.7 Å². The number of halogens is 2. The predicted octanol–water partition coefficient (Wildman–Crippen LogP) is 2.42. The molecule has 9 nitrogen and oxygen atoms in total. The van der Waals surface area contributed by atoms with Crippen molar-refractivity contribution in [1.29, 1.82) is 0 Å². The van der Waals surface area contributed by atoms with Crippen LogP contribution in [0.5, 0.6) is 0 Å². The summed E-state index contributed by atoms with van der Waals surface area (Å²) in [5, 5.41) is 3.39. The molecule has 3 rings (SSSR count). The van der Waals surface area contributed by atoms with Crippen molar-refractivity contribution in [1.82, 2.24) is 18.7 Å². The number of unbranched alkanes of at least 4 members (excludes halogenated alkanes) is 2. The van der Waals surface area contributed by atoms with E-state index in [1.807, 2.05) is 0 Å². The molecule has 0 aliphatic heterocycles. The third kappa shape index (κ3) is 4.69. The number of anilines is 1. The van der Waals surface area contributed by atoms with Crippen molar-refractivity contribution in [2.24, 2.45) is 14.1 Å². The molecule has 0 bridgehead atoms. The lowest BCUT2D eigenvalue weighted by atomic mass is 10.2. The molecule has 0 atom stereocenters. The highest BCUT2D eigenvalue weighted by Crippen LogP contribution is 2.24. The van der Waals surface area contributed by atoms with Crippen molar-refractivity contribution < 1.29 is 13.9 Å². The van der Waals surface area contributed by atoms with Crippen LogP contribution in [0.25, 0.3) is 11.2 Å².